The molecule has 1 saturated heterocycles. The molecule has 1 aromatic rings. The maximum absolute atomic E-state index is 12.4. The van der Waals surface area contributed by atoms with Gasteiger partial charge in [-0.2, -0.15) is 0 Å². The van der Waals surface area contributed by atoms with Crippen LogP contribution in [-0.4, -0.2) is 46.1 Å². The van der Waals surface area contributed by atoms with Crippen LogP contribution in [-0.2, 0) is 6.54 Å². The Hall–Kier alpha value is -1.43. The number of rotatable bonds is 3. The predicted molar refractivity (Wildman–Crippen MR) is 61.6 cm³/mol. The molecule has 4 nitrogen and oxygen atoms in total. The highest BCUT2D eigenvalue weighted by molar-refractivity contribution is 5.92. The molecular formula is C12H16F2N2O2. The van der Waals surface area contributed by atoms with Gasteiger partial charge in [-0.25, -0.2) is 8.78 Å². The van der Waals surface area contributed by atoms with E-state index < -0.39 is 19.1 Å². The molecule has 0 saturated carbocycles. The Morgan fingerprint density at radius 1 is 1.56 bits per heavy atom. The topological polar surface area (TPSA) is 45.5 Å². The van der Waals surface area contributed by atoms with Crippen molar-refractivity contribution in [2.45, 2.75) is 31.9 Å². The van der Waals surface area contributed by atoms with Crippen molar-refractivity contribution in [3.8, 4) is 0 Å². The molecule has 1 amide bonds. The molecule has 0 aliphatic carbocycles. The summed E-state index contributed by atoms with van der Waals surface area (Å²) in [4.78, 5) is 13.7. The van der Waals surface area contributed by atoms with Crippen LogP contribution < -0.4 is 0 Å². The lowest BCUT2D eigenvalue weighted by molar-refractivity contribution is 0.0459. The van der Waals surface area contributed by atoms with Crippen molar-refractivity contribution in [2.75, 3.05) is 13.1 Å². The van der Waals surface area contributed by atoms with E-state index in [1.165, 1.54) is 21.7 Å². The van der Waals surface area contributed by atoms with Crippen molar-refractivity contribution in [3.63, 3.8) is 0 Å². The molecule has 1 fully saturated rings. The molecule has 18 heavy (non-hydrogen) atoms. The van der Waals surface area contributed by atoms with E-state index in [0.717, 1.165) is 6.42 Å². The molecule has 1 atom stereocenters. The summed E-state index contributed by atoms with van der Waals surface area (Å²) in [6.07, 6.45) is -0.110. The summed E-state index contributed by atoms with van der Waals surface area (Å²) in [6, 6.07) is 3.11. The van der Waals surface area contributed by atoms with Crippen LogP contribution in [0, 0.1) is 0 Å². The Morgan fingerprint density at radius 3 is 3.00 bits per heavy atom. The third-order valence-corrected chi connectivity index (χ3v) is 3.07. The number of carbonyl (C=O) groups is 1. The molecule has 0 bridgehead atoms. The molecule has 2 rings (SSSR count). The zero-order valence-corrected chi connectivity index (χ0v) is 9.93. The molecule has 0 spiro atoms. The van der Waals surface area contributed by atoms with Gasteiger partial charge in [0.1, 0.15) is 5.69 Å². The Labute approximate surface area is 104 Å². The first kappa shape index (κ1) is 13.0. The van der Waals surface area contributed by atoms with Crippen LogP contribution in [0.4, 0.5) is 8.78 Å². The summed E-state index contributed by atoms with van der Waals surface area (Å²) >= 11 is 0. The van der Waals surface area contributed by atoms with Crippen molar-refractivity contribution in [3.05, 3.63) is 24.0 Å². The Balaban J connectivity index is 2.10. The van der Waals surface area contributed by atoms with Crippen molar-refractivity contribution in [1.82, 2.24) is 9.47 Å². The fraction of sp³-hybridized carbons (Fsp3) is 0.583. The van der Waals surface area contributed by atoms with Crippen LogP contribution in [0.1, 0.15) is 23.3 Å². The minimum absolute atomic E-state index is 0.254. The van der Waals surface area contributed by atoms with Gasteiger partial charge in [0.25, 0.3) is 12.3 Å². The molecule has 1 N–H and O–H groups in total. The highest BCUT2D eigenvalue weighted by Crippen LogP contribution is 2.15. The molecule has 100 valence electrons. The molecule has 2 heterocycles. The normalized spacial score (nSPS) is 20.4. The number of alkyl halides is 2. The first-order valence-corrected chi connectivity index (χ1v) is 5.98. The van der Waals surface area contributed by atoms with Gasteiger partial charge in [0.2, 0.25) is 0 Å². The minimum Gasteiger partial charge on any atom is -0.391 e. The van der Waals surface area contributed by atoms with Crippen LogP contribution in [0.15, 0.2) is 18.3 Å². The van der Waals surface area contributed by atoms with Crippen LogP contribution in [0.5, 0.6) is 0 Å². The fourth-order valence-electron chi connectivity index (χ4n) is 2.22. The van der Waals surface area contributed by atoms with Crippen LogP contribution in [0.3, 0.4) is 0 Å². The van der Waals surface area contributed by atoms with Gasteiger partial charge in [0, 0.05) is 19.3 Å². The number of piperidine rings is 1. The molecule has 1 aromatic heterocycles. The first-order valence-electron chi connectivity index (χ1n) is 5.98. The fourth-order valence-corrected chi connectivity index (χ4v) is 2.22. The molecule has 1 aliphatic rings. The molecule has 1 aliphatic heterocycles. The van der Waals surface area contributed by atoms with Crippen molar-refractivity contribution < 1.29 is 18.7 Å². The second-order valence-corrected chi connectivity index (χ2v) is 4.48. The van der Waals surface area contributed by atoms with Crippen LogP contribution in [0.2, 0.25) is 0 Å². The average Bonchev–Trinajstić information content (AvgIpc) is 2.75. The Kier molecular flexibility index (Phi) is 3.96. The lowest BCUT2D eigenvalue weighted by atomic mass is 10.1. The number of likely N-dealkylation sites (tertiary alicyclic amines) is 1. The van der Waals surface area contributed by atoms with Gasteiger partial charge in [0.05, 0.1) is 12.6 Å². The standard InChI is InChI=1S/C12H16F2N2O2/c13-11(14)8-15-5-2-4-10(15)12(18)16-6-1-3-9(17)7-16/h2,4-5,9,11,17H,1,3,6-8H2/t9-/m0/s1. The van der Waals surface area contributed by atoms with Gasteiger partial charge in [-0.05, 0) is 25.0 Å². The second-order valence-electron chi connectivity index (χ2n) is 4.48. The molecule has 0 unspecified atom stereocenters. The van der Waals surface area contributed by atoms with Crippen LogP contribution >= 0.6 is 0 Å². The number of hydrogen-bond donors (Lipinski definition) is 1. The Morgan fingerprint density at radius 2 is 2.33 bits per heavy atom. The third kappa shape index (κ3) is 2.87. The number of amides is 1. The van der Waals surface area contributed by atoms with E-state index in [2.05, 4.69) is 0 Å². The van der Waals surface area contributed by atoms with Crippen molar-refractivity contribution >= 4 is 5.91 Å². The number of β-amino-alcohol motifs (C(OH)–C–C–N with tert-alkyl or cyclic N) is 1. The Bertz CT molecular complexity index is 420. The molecule has 6 heteroatoms. The van der Waals surface area contributed by atoms with Crippen molar-refractivity contribution in [2.24, 2.45) is 0 Å². The smallest absolute Gasteiger partial charge is 0.270 e. The average molecular weight is 258 g/mol. The third-order valence-electron chi connectivity index (χ3n) is 3.07. The van der Waals surface area contributed by atoms with Gasteiger partial charge in [-0.1, -0.05) is 0 Å². The predicted octanol–water partition coefficient (Wildman–Crippen LogP) is 1.35. The van der Waals surface area contributed by atoms with Gasteiger partial charge < -0.3 is 14.6 Å². The maximum Gasteiger partial charge on any atom is 0.270 e. The van der Waals surface area contributed by atoms with E-state index >= 15 is 0 Å². The number of aliphatic hydroxyl groups excluding tert-OH is 1. The monoisotopic (exact) mass is 258 g/mol. The minimum atomic E-state index is -2.49. The van der Waals surface area contributed by atoms with E-state index in [4.69, 9.17) is 0 Å². The highest BCUT2D eigenvalue weighted by Gasteiger charge is 2.25. The summed E-state index contributed by atoms with van der Waals surface area (Å²) in [5, 5.41) is 9.52. The largest absolute Gasteiger partial charge is 0.391 e. The number of aliphatic hydroxyl groups is 1. The maximum atomic E-state index is 12.4. The molecule has 0 aromatic carbocycles. The quantitative estimate of drug-likeness (QED) is 0.889. The summed E-state index contributed by atoms with van der Waals surface area (Å²) in [6.45, 7) is 0.360. The number of nitrogens with zero attached hydrogens (tertiary/aromatic N) is 2. The van der Waals surface area contributed by atoms with E-state index in [1.54, 1.807) is 6.07 Å². The molecular weight excluding hydrogens is 242 g/mol. The van der Waals surface area contributed by atoms with Gasteiger partial charge in [-0.15, -0.1) is 0 Å². The van der Waals surface area contributed by atoms with E-state index in [9.17, 15) is 18.7 Å². The van der Waals surface area contributed by atoms with Crippen LogP contribution in [0.25, 0.3) is 0 Å². The molecule has 0 radical (unpaired) electrons. The first-order chi connectivity index (χ1) is 8.58. The number of aromatic nitrogens is 1. The lowest BCUT2D eigenvalue weighted by Crippen LogP contribution is -2.42. The van der Waals surface area contributed by atoms with E-state index in [-0.39, 0.29) is 18.1 Å². The summed E-state index contributed by atoms with van der Waals surface area (Å²) < 4.78 is 26.0. The number of carbonyl (C=O) groups excluding carboxylic acids is 1. The van der Waals surface area contributed by atoms with E-state index in [0.29, 0.717) is 13.0 Å². The second kappa shape index (κ2) is 5.48. The lowest BCUT2D eigenvalue weighted by Gasteiger charge is -2.30. The summed E-state index contributed by atoms with van der Waals surface area (Å²) in [7, 11) is 0. The SMILES string of the molecule is O=C(c1cccn1CC(F)F)N1CCC[C@H](O)C1. The van der Waals surface area contributed by atoms with Gasteiger partial charge in [-0.3, -0.25) is 4.79 Å². The van der Waals surface area contributed by atoms with Gasteiger partial charge >= 0.3 is 0 Å². The zero-order valence-electron chi connectivity index (χ0n) is 9.93. The highest BCUT2D eigenvalue weighted by atomic mass is 19.3. The zero-order chi connectivity index (χ0) is 13.1. The summed E-state index contributed by atoms with van der Waals surface area (Å²) in [5.74, 6) is -0.292. The van der Waals surface area contributed by atoms with E-state index in [1.807, 2.05) is 0 Å². The van der Waals surface area contributed by atoms with Gasteiger partial charge in [0.15, 0.2) is 0 Å². The van der Waals surface area contributed by atoms with Crippen molar-refractivity contribution in [1.29, 1.82) is 0 Å². The summed E-state index contributed by atoms with van der Waals surface area (Å²) in [5.41, 5.74) is 0.254. The number of halogens is 2. The number of hydrogen-bond acceptors (Lipinski definition) is 2.